The predicted molar refractivity (Wildman–Crippen MR) is 192 cm³/mol. The van der Waals surface area contributed by atoms with Crippen LogP contribution >= 0.6 is 45.6 Å². The summed E-state index contributed by atoms with van der Waals surface area (Å²) >= 11 is 0. The number of carbonyl (C=O) groups is 3. The number of hydrogen-bond donors (Lipinski definition) is 18. The summed E-state index contributed by atoms with van der Waals surface area (Å²) in [5.74, 6) is -3.10. The van der Waals surface area contributed by atoms with Crippen molar-refractivity contribution in [3.05, 3.63) is 0 Å². The summed E-state index contributed by atoms with van der Waals surface area (Å²) in [7, 11) is -35.5. The molecule has 4 rings (SSSR count). The summed E-state index contributed by atoms with van der Waals surface area (Å²) in [5, 5.41) is 24.4. The van der Waals surface area contributed by atoms with Crippen LogP contribution in [0.15, 0.2) is 0 Å². The number of rotatable bonds is 21. The van der Waals surface area contributed by atoms with Crippen LogP contribution in [0.4, 0.5) is 0 Å². The van der Waals surface area contributed by atoms with Crippen LogP contribution in [0.1, 0.15) is 77.0 Å². The van der Waals surface area contributed by atoms with Crippen molar-refractivity contribution in [1.29, 1.82) is 0 Å². The van der Waals surface area contributed by atoms with Gasteiger partial charge in [0.25, 0.3) is 15.2 Å². The molecule has 27 nitrogen and oxygen atoms in total. The molecule has 33 heteroatoms. The molecule has 4 fully saturated rings. The first-order chi connectivity index (χ1) is 25.7. The number of hydrogen-bond acceptors (Lipinski definition) is 12. The number of nitrogens with one attached hydrogen (secondary N) is 3. The van der Waals surface area contributed by atoms with Gasteiger partial charge in [0.1, 0.15) is 0 Å². The van der Waals surface area contributed by atoms with Crippen molar-refractivity contribution in [3.63, 3.8) is 0 Å². The van der Waals surface area contributed by atoms with E-state index in [1.165, 1.54) is 0 Å². The fourth-order valence-electron chi connectivity index (χ4n) is 9.08. The average Bonchev–Trinajstić information content (AvgIpc) is 3.02. The van der Waals surface area contributed by atoms with E-state index in [9.17, 15) is 116 Å². The molecule has 4 saturated carbocycles. The fraction of sp³-hybridized carbons (Fsp3) is 0.880. The molecule has 4 aliphatic carbocycles. The van der Waals surface area contributed by atoms with Crippen molar-refractivity contribution >= 4 is 63.3 Å². The van der Waals surface area contributed by atoms with Crippen molar-refractivity contribution in [2.24, 2.45) is 22.2 Å². The zero-order valence-electron chi connectivity index (χ0n) is 30.2. The Balaban J connectivity index is 1.85. The van der Waals surface area contributed by atoms with E-state index >= 15 is 0 Å². The van der Waals surface area contributed by atoms with Gasteiger partial charge in [0.2, 0.25) is 17.7 Å². The van der Waals surface area contributed by atoms with Crippen LogP contribution in [0.3, 0.4) is 0 Å². The normalized spacial score (nSPS) is 26.0. The van der Waals surface area contributed by atoms with E-state index in [0.717, 1.165) is 0 Å². The highest BCUT2D eigenvalue weighted by atomic mass is 31.3. The fourth-order valence-corrected chi connectivity index (χ4v) is 14.9. The minimum absolute atomic E-state index is 0.0106. The van der Waals surface area contributed by atoms with Gasteiger partial charge < -0.3 is 90.0 Å². The van der Waals surface area contributed by atoms with Gasteiger partial charge in [-0.05, 0) is 80.0 Å². The first-order valence-corrected chi connectivity index (χ1v) is 26.7. The highest BCUT2D eigenvalue weighted by Crippen LogP contribution is 2.74. The standard InChI is InChI=1S/C25H49N3O24P6/c29-17(26-13-23(32,53(35,36)37)54(38,39)40)1-4-20-7-16-8-21(10-20,5-2-18(30)27-14-24(33,55(41,42)43)56(44,45)46)12-22(9-16,11-20)6-3-19(31)28-15-25(34,57(47,48)49)58(50,51)52/h16,32-34H,1-15H2,(H,26,29)(H,27,30)(H,28,31)(H2,35,36,37)(H2,38,39,40)(H2,41,42,43)(H2,44,45,46)(H2,47,48,49)(H2,50,51,52). The Labute approximate surface area is 328 Å². The maximum atomic E-state index is 12.9. The van der Waals surface area contributed by atoms with E-state index in [1.807, 2.05) is 16.0 Å². The number of aliphatic hydroxyl groups is 3. The molecule has 0 aromatic heterocycles. The molecule has 338 valence electrons. The van der Waals surface area contributed by atoms with Gasteiger partial charge in [0.15, 0.2) is 0 Å². The number of carbonyl (C=O) groups excluding carboxylic acids is 3. The Morgan fingerprint density at radius 2 is 0.621 bits per heavy atom. The molecular formula is C25H49N3O24P6. The first-order valence-electron chi connectivity index (χ1n) is 17.0. The lowest BCUT2D eigenvalue weighted by Crippen LogP contribution is -2.57. The van der Waals surface area contributed by atoms with E-state index in [2.05, 4.69) is 0 Å². The van der Waals surface area contributed by atoms with E-state index in [1.54, 1.807) is 0 Å². The summed E-state index contributed by atoms with van der Waals surface area (Å²) in [6.45, 7) is -4.61. The second kappa shape index (κ2) is 16.7. The lowest BCUT2D eigenvalue weighted by atomic mass is 9.37. The third kappa shape index (κ3) is 10.9. The molecule has 3 amide bonds. The highest BCUT2D eigenvalue weighted by Gasteiger charge is 2.64. The van der Waals surface area contributed by atoms with Crippen LogP contribution < -0.4 is 16.0 Å². The Kier molecular flexibility index (Phi) is 14.9. The largest absolute Gasteiger partial charge is 0.371 e. The van der Waals surface area contributed by atoms with Gasteiger partial charge in [-0.15, -0.1) is 0 Å². The summed E-state index contributed by atoms with van der Waals surface area (Å²) in [6.07, 6.45) is 1.04. The second-order valence-corrected chi connectivity index (χ2v) is 28.0. The molecule has 0 unspecified atom stereocenters. The Morgan fingerprint density at radius 1 is 0.431 bits per heavy atom. The van der Waals surface area contributed by atoms with E-state index in [-0.39, 0.29) is 25.2 Å². The molecule has 0 saturated heterocycles. The molecule has 0 heterocycles. The van der Waals surface area contributed by atoms with Crippen molar-refractivity contribution in [3.8, 4) is 0 Å². The quantitative estimate of drug-likeness (QED) is 0.0535. The van der Waals surface area contributed by atoms with Crippen molar-refractivity contribution in [2.45, 2.75) is 92.3 Å². The molecule has 0 aromatic rings. The molecule has 4 aliphatic rings. The summed E-state index contributed by atoms with van der Waals surface area (Å²) < 4.78 is 70.4. The van der Waals surface area contributed by atoms with Gasteiger partial charge >= 0.3 is 45.6 Å². The topological polar surface area (TPSA) is 493 Å². The Bertz CT molecular complexity index is 1620. The molecule has 18 N–H and O–H groups in total. The lowest BCUT2D eigenvalue weighted by Gasteiger charge is -2.67. The minimum atomic E-state index is -5.91. The third-order valence-corrected chi connectivity index (χ3v) is 22.7. The molecule has 0 aromatic carbocycles. The maximum Gasteiger partial charge on any atom is 0.371 e. The van der Waals surface area contributed by atoms with Gasteiger partial charge in [-0.3, -0.25) is 41.8 Å². The average molecular weight is 962 g/mol. The zero-order valence-corrected chi connectivity index (χ0v) is 35.6. The SMILES string of the molecule is O=C(CCC12CC3CC(CCC(=O)NCC(O)(P(=O)(O)O)P(=O)(O)O)(C1)CC(CCC(=O)NCC(O)(P(=O)(O)O)P(=O)(O)O)(C3)C2)NCC(O)(P(=O)(O)O)P(=O)(O)O. The van der Waals surface area contributed by atoms with E-state index in [0.29, 0.717) is 38.5 Å². The maximum absolute atomic E-state index is 12.9. The molecular weight excluding hydrogens is 912 g/mol. The van der Waals surface area contributed by atoms with Crippen LogP contribution in [0.5, 0.6) is 0 Å². The molecule has 0 radical (unpaired) electrons. The van der Waals surface area contributed by atoms with Crippen LogP contribution in [-0.4, -0.2) is 127 Å². The summed E-state index contributed by atoms with van der Waals surface area (Å²) in [4.78, 5) is 151. The summed E-state index contributed by atoms with van der Waals surface area (Å²) in [6, 6.07) is 0. The van der Waals surface area contributed by atoms with Crippen molar-refractivity contribution in [1.82, 2.24) is 16.0 Å². The van der Waals surface area contributed by atoms with Gasteiger partial charge in [-0.1, -0.05) is 0 Å². The van der Waals surface area contributed by atoms with Gasteiger partial charge in [0.05, 0.1) is 19.6 Å². The third-order valence-electron chi connectivity index (χ3n) is 11.4. The predicted octanol–water partition coefficient (Wildman–Crippen LogP) is -2.36. The Hall–Kier alpha value is -0.810. The van der Waals surface area contributed by atoms with Crippen molar-refractivity contribution in [2.75, 3.05) is 19.6 Å². The summed E-state index contributed by atoms with van der Waals surface area (Å²) in [5.41, 5.74) is -2.35. The first kappa shape index (κ1) is 51.5. The van der Waals surface area contributed by atoms with Crippen LogP contribution in [0, 0.1) is 22.2 Å². The highest BCUT2D eigenvalue weighted by molar-refractivity contribution is 7.73. The minimum Gasteiger partial charge on any atom is -0.366 e. The van der Waals surface area contributed by atoms with Crippen LogP contribution in [-0.2, 0) is 41.8 Å². The van der Waals surface area contributed by atoms with E-state index in [4.69, 9.17) is 0 Å². The molecule has 0 aliphatic heterocycles. The lowest BCUT2D eigenvalue weighted by molar-refractivity contribution is -0.171. The number of amides is 3. The molecule has 0 spiro atoms. The van der Waals surface area contributed by atoms with E-state index < -0.39 is 134 Å². The second-order valence-electron chi connectivity index (χ2n) is 15.9. The van der Waals surface area contributed by atoms with Crippen LogP contribution in [0.25, 0.3) is 0 Å². The van der Waals surface area contributed by atoms with Crippen LogP contribution in [0.2, 0.25) is 0 Å². The zero-order chi connectivity index (χ0) is 45.0. The van der Waals surface area contributed by atoms with Gasteiger partial charge in [-0.25, -0.2) is 0 Å². The molecule has 58 heavy (non-hydrogen) atoms. The van der Waals surface area contributed by atoms with Gasteiger partial charge in [0, 0.05) is 19.3 Å². The monoisotopic (exact) mass is 961 g/mol. The molecule has 0 atom stereocenters. The smallest absolute Gasteiger partial charge is 0.366 e. The van der Waals surface area contributed by atoms with Crippen molar-refractivity contribution < 1.29 is 116 Å². The molecule has 4 bridgehead atoms. The van der Waals surface area contributed by atoms with Gasteiger partial charge in [-0.2, -0.15) is 0 Å². The Morgan fingerprint density at radius 3 is 0.793 bits per heavy atom.